The molecule has 1 fully saturated rings. The lowest BCUT2D eigenvalue weighted by Gasteiger charge is -2.14. The first-order valence-corrected chi connectivity index (χ1v) is 11.7. The average Bonchev–Trinajstić information content (AvgIpc) is 3.33. The number of hydrogen-bond acceptors (Lipinski definition) is 10. The van der Waals surface area contributed by atoms with E-state index in [9.17, 15) is 9.59 Å². The largest absolute Gasteiger partial charge is 0.465 e. The van der Waals surface area contributed by atoms with Crippen LogP contribution in [0.25, 0.3) is 16.8 Å². The van der Waals surface area contributed by atoms with Gasteiger partial charge in [-0.25, -0.2) is 9.78 Å². The number of aryl methyl sites for hydroxylation is 1. The van der Waals surface area contributed by atoms with Gasteiger partial charge in [0.15, 0.2) is 11.6 Å². The van der Waals surface area contributed by atoms with Gasteiger partial charge in [0.25, 0.3) is 0 Å². The van der Waals surface area contributed by atoms with E-state index in [4.69, 9.17) is 14.6 Å². The van der Waals surface area contributed by atoms with Crippen LogP contribution in [0.1, 0.15) is 53.1 Å². The Labute approximate surface area is 204 Å². The standard InChI is InChI=1S/C23H23N7O4S/c1-11-24-22(35-29-11)27-26-19-15(12-8-6-7-9-13(12)20(32)33-5)16(17(31)14-10-34-14)18-25-21(23(2,3)4)28-30(18)19/h6-9,14H,10H2,1-5H3,(H,25,28)/b27-26+. The van der Waals surface area contributed by atoms with Crippen LogP contribution in [0, 0.1) is 6.92 Å². The molecule has 1 aromatic carbocycles. The Morgan fingerprint density at radius 3 is 2.63 bits per heavy atom. The zero-order chi connectivity index (χ0) is 24.9. The third kappa shape index (κ3) is 4.15. The normalized spacial score (nSPS) is 15.7. The number of Topliss-reactive ketones (excluding diaryl/α,β-unsaturated/α-hetero) is 1. The number of fused-ring (bicyclic) bond motifs is 1. The van der Waals surface area contributed by atoms with Gasteiger partial charge in [-0.3, -0.25) is 4.79 Å². The Balaban J connectivity index is 1.84. The van der Waals surface area contributed by atoms with Crippen molar-refractivity contribution in [3.8, 4) is 11.1 Å². The van der Waals surface area contributed by atoms with Crippen LogP contribution in [0.3, 0.4) is 0 Å². The maximum absolute atomic E-state index is 13.5. The van der Waals surface area contributed by atoms with Crippen LogP contribution in [-0.2, 0) is 14.9 Å². The number of ether oxygens (including phenoxy) is 2. The Morgan fingerprint density at radius 1 is 1.26 bits per heavy atom. The molecule has 0 saturated carbocycles. The van der Waals surface area contributed by atoms with E-state index in [-0.39, 0.29) is 22.6 Å². The second-order valence-electron chi connectivity index (χ2n) is 9.11. The smallest absolute Gasteiger partial charge is 0.338 e. The number of benzene rings is 1. The molecule has 5 rings (SSSR count). The van der Waals surface area contributed by atoms with Gasteiger partial charge in [0.2, 0.25) is 5.13 Å². The summed E-state index contributed by atoms with van der Waals surface area (Å²) in [6, 6.07) is 6.88. The number of aromatic amines is 1. The minimum absolute atomic E-state index is 0.227. The molecular weight excluding hydrogens is 470 g/mol. The van der Waals surface area contributed by atoms with E-state index in [1.807, 2.05) is 20.8 Å². The molecule has 0 spiro atoms. The number of H-pyrrole nitrogens is 1. The zero-order valence-electron chi connectivity index (χ0n) is 19.8. The molecule has 1 aliphatic heterocycles. The first-order chi connectivity index (χ1) is 16.7. The second kappa shape index (κ2) is 8.47. The quantitative estimate of drug-likeness (QED) is 0.180. The second-order valence-corrected chi connectivity index (χ2v) is 9.84. The topological polar surface area (TPSA) is 139 Å². The van der Waals surface area contributed by atoms with Crippen LogP contribution in [0.4, 0.5) is 10.9 Å². The molecule has 1 aliphatic rings. The molecule has 1 N–H and O–H groups in total. The molecule has 0 radical (unpaired) electrons. The van der Waals surface area contributed by atoms with E-state index in [1.54, 1.807) is 35.7 Å². The first-order valence-electron chi connectivity index (χ1n) is 10.9. The van der Waals surface area contributed by atoms with E-state index in [1.165, 1.54) is 7.11 Å². The number of methoxy groups -OCH3 is 1. The molecule has 0 bridgehead atoms. The predicted octanol–water partition coefficient (Wildman–Crippen LogP) is 4.57. The van der Waals surface area contributed by atoms with Crippen molar-refractivity contribution >= 4 is 39.9 Å². The van der Waals surface area contributed by atoms with Crippen LogP contribution < -0.4 is 0 Å². The van der Waals surface area contributed by atoms with Crippen molar-refractivity contribution in [1.29, 1.82) is 0 Å². The monoisotopic (exact) mass is 493 g/mol. The van der Waals surface area contributed by atoms with Gasteiger partial charge in [0, 0.05) is 28.1 Å². The fraction of sp³-hybridized carbons (Fsp3) is 0.348. The molecule has 11 nitrogen and oxygen atoms in total. The number of aromatic nitrogens is 5. The minimum Gasteiger partial charge on any atom is -0.465 e. The van der Waals surface area contributed by atoms with Crippen molar-refractivity contribution < 1.29 is 19.1 Å². The Kier molecular flexibility index (Phi) is 5.56. The van der Waals surface area contributed by atoms with Gasteiger partial charge in [-0.2, -0.15) is 14.0 Å². The fourth-order valence-corrected chi connectivity index (χ4v) is 4.19. The molecule has 1 saturated heterocycles. The van der Waals surface area contributed by atoms with Gasteiger partial charge >= 0.3 is 5.97 Å². The summed E-state index contributed by atoms with van der Waals surface area (Å²) in [5.41, 5.74) is 1.62. The number of esters is 1. The van der Waals surface area contributed by atoms with Crippen molar-refractivity contribution in [2.75, 3.05) is 13.7 Å². The van der Waals surface area contributed by atoms with E-state index < -0.39 is 12.1 Å². The molecule has 1 atom stereocenters. The number of nitrogens with zero attached hydrogens (tertiary/aromatic N) is 6. The highest BCUT2D eigenvalue weighted by molar-refractivity contribution is 7.09. The number of carbonyl (C=O) groups is 2. The van der Waals surface area contributed by atoms with E-state index in [2.05, 4.69) is 24.6 Å². The van der Waals surface area contributed by atoms with E-state index in [0.717, 1.165) is 11.5 Å². The summed E-state index contributed by atoms with van der Waals surface area (Å²) in [5, 5.41) is 13.8. The molecule has 1 unspecified atom stereocenters. The number of epoxide rings is 1. The summed E-state index contributed by atoms with van der Waals surface area (Å²) in [6.45, 7) is 8.12. The van der Waals surface area contributed by atoms with Gasteiger partial charge < -0.3 is 14.5 Å². The number of ketones is 1. The third-order valence-corrected chi connectivity index (χ3v) is 6.18. The maximum Gasteiger partial charge on any atom is 0.338 e. The number of azo groups is 1. The molecule has 180 valence electrons. The van der Waals surface area contributed by atoms with Gasteiger partial charge in [0.05, 0.1) is 24.8 Å². The Hall–Kier alpha value is -3.77. The lowest BCUT2D eigenvalue weighted by molar-refractivity contribution is 0.0601. The van der Waals surface area contributed by atoms with Crippen LogP contribution in [-0.4, -0.2) is 55.5 Å². The van der Waals surface area contributed by atoms with E-state index in [0.29, 0.717) is 45.7 Å². The van der Waals surface area contributed by atoms with Gasteiger partial charge in [0.1, 0.15) is 23.4 Å². The summed E-state index contributed by atoms with van der Waals surface area (Å²) in [4.78, 5) is 33.7. The average molecular weight is 494 g/mol. The zero-order valence-corrected chi connectivity index (χ0v) is 20.6. The van der Waals surface area contributed by atoms with Crippen LogP contribution in [0.15, 0.2) is 34.5 Å². The first kappa shape index (κ1) is 23.0. The molecule has 12 heteroatoms. The SMILES string of the molecule is COC(=O)c1ccccc1-c1c(C(=O)C2CO2)c2[nH]c(C(C)(C)C)nn2c1/N=N/c1nc(C)ns1. The summed E-state index contributed by atoms with van der Waals surface area (Å²) < 4.78 is 16.0. The van der Waals surface area contributed by atoms with Crippen molar-refractivity contribution in [2.24, 2.45) is 10.2 Å². The van der Waals surface area contributed by atoms with E-state index >= 15 is 0 Å². The summed E-state index contributed by atoms with van der Waals surface area (Å²) in [7, 11) is 1.31. The molecular formula is C23H23N7O4S. The molecule has 4 aromatic rings. The maximum atomic E-state index is 13.5. The predicted molar refractivity (Wildman–Crippen MR) is 128 cm³/mol. The number of rotatable bonds is 6. The highest BCUT2D eigenvalue weighted by atomic mass is 32.1. The van der Waals surface area contributed by atoms with Crippen molar-refractivity contribution in [2.45, 2.75) is 39.2 Å². The van der Waals surface area contributed by atoms with Crippen LogP contribution in [0.5, 0.6) is 0 Å². The molecule has 3 aromatic heterocycles. The lowest BCUT2D eigenvalue weighted by atomic mass is 9.94. The third-order valence-electron chi connectivity index (χ3n) is 5.49. The van der Waals surface area contributed by atoms with Gasteiger partial charge in [-0.1, -0.05) is 39.0 Å². The lowest BCUT2D eigenvalue weighted by Crippen LogP contribution is -2.14. The molecule has 35 heavy (non-hydrogen) atoms. The van der Waals surface area contributed by atoms with Crippen molar-refractivity contribution in [3.63, 3.8) is 0 Å². The molecule has 4 heterocycles. The van der Waals surface area contributed by atoms with Crippen molar-refractivity contribution in [1.82, 2.24) is 24.0 Å². The fourth-order valence-electron chi connectivity index (χ4n) is 3.69. The summed E-state index contributed by atoms with van der Waals surface area (Å²) in [6.07, 6.45) is -0.567. The van der Waals surface area contributed by atoms with Crippen LogP contribution >= 0.6 is 11.5 Å². The van der Waals surface area contributed by atoms with Gasteiger partial charge in [-0.05, 0) is 13.0 Å². The van der Waals surface area contributed by atoms with Crippen molar-refractivity contribution in [3.05, 3.63) is 47.0 Å². The number of nitrogens with one attached hydrogen (secondary N) is 1. The van der Waals surface area contributed by atoms with Gasteiger partial charge in [-0.15, -0.1) is 10.2 Å². The Morgan fingerprint density at radius 2 is 2.00 bits per heavy atom. The van der Waals surface area contributed by atoms with Crippen LogP contribution in [0.2, 0.25) is 0 Å². The Bertz CT molecular complexity index is 1490. The highest BCUT2D eigenvalue weighted by Gasteiger charge is 2.39. The highest BCUT2D eigenvalue weighted by Crippen LogP contribution is 2.42. The summed E-state index contributed by atoms with van der Waals surface area (Å²) >= 11 is 1.10. The number of carbonyl (C=O) groups excluding carboxylic acids is 2. The molecule has 0 aliphatic carbocycles. The minimum atomic E-state index is -0.567. The number of hydrogen-bond donors (Lipinski definition) is 1. The molecule has 0 amide bonds. The summed E-state index contributed by atoms with van der Waals surface area (Å²) in [5.74, 6) is 0.753.